The van der Waals surface area contributed by atoms with Gasteiger partial charge in [-0.25, -0.2) is 19.2 Å². The van der Waals surface area contributed by atoms with Gasteiger partial charge in [0, 0.05) is 45.6 Å². The van der Waals surface area contributed by atoms with Gasteiger partial charge in [0.2, 0.25) is 0 Å². The van der Waals surface area contributed by atoms with Crippen molar-refractivity contribution >= 4 is 36.0 Å². The van der Waals surface area contributed by atoms with Crippen molar-refractivity contribution in [3.63, 3.8) is 0 Å². The molecule has 3 aromatic carbocycles. The number of hydrogen-bond donors (Lipinski definition) is 0. The summed E-state index contributed by atoms with van der Waals surface area (Å²) >= 11 is 0. The van der Waals surface area contributed by atoms with Crippen LogP contribution in [0.3, 0.4) is 0 Å². The van der Waals surface area contributed by atoms with Gasteiger partial charge in [0.05, 0.1) is 0 Å². The van der Waals surface area contributed by atoms with Gasteiger partial charge in [0.25, 0.3) is 0 Å². The maximum absolute atomic E-state index is 12.3. The van der Waals surface area contributed by atoms with E-state index < -0.39 is 23.9 Å². The molecule has 0 amide bonds. The zero-order valence-corrected chi connectivity index (χ0v) is 25.0. The first-order chi connectivity index (χ1) is 20.7. The first-order valence-corrected chi connectivity index (χ1v) is 13.3. The summed E-state index contributed by atoms with van der Waals surface area (Å²) in [7, 11) is 0. The third-order valence-corrected chi connectivity index (χ3v) is 5.84. The summed E-state index contributed by atoms with van der Waals surface area (Å²) in [6.07, 6.45) is 3.55. The van der Waals surface area contributed by atoms with Crippen LogP contribution in [-0.4, -0.2) is 23.9 Å². The van der Waals surface area contributed by atoms with Gasteiger partial charge in [-0.15, -0.1) is 0 Å². The first kappa shape index (κ1) is 32.8. The fraction of sp³-hybridized carbons (Fsp3) is 0.111. The van der Waals surface area contributed by atoms with Crippen molar-refractivity contribution in [1.29, 1.82) is 0 Å². The summed E-state index contributed by atoms with van der Waals surface area (Å²) in [6, 6.07) is 16.7. The molecule has 0 saturated carbocycles. The number of ether oxygens (including phenoxy) is 4. The van der Waals surface area contributed by atoms with Crippen molar-refractivity contribution in [3.8, 4) is 34.1 Å². The molecule has 0 heterocycles. The predicted molar refractivity (Wildman–Crippen MR) is 169 cm³/mol. The maximum atomic E-state index is 12.3. The van der Waals surface area contributed by atoms with Crippen LogP contribution in [0.25, 0.3) is 23.3 Å². The molecule has 8 nitrogen and oxygen atoms in total. The van der Waals surface area contributed by atoms with Crippen LogP contribution in [0.4, 0.5) is 0 Å². The standard InChI is InChI=1S/C36H32O8/c1-21(2)33(37)41-28-16-15-27(31(19-28)43-35(39)23(5)6)14-11-25-9-12-26(13-10-25)30-18-17-29(42-34(38)22(3)4)20-32(30)44-36(40)24(7)8/h9-20H,1,3,5,7H2,2,4,6,8H3/b14-11+. The van der Waals surface area contributed by atoms with Gasteiger partial charge in [-0.1, -0.05) is 62.7 Å². The minimum absolute atomic E-state index is 0.175. The fourth-order valence-electron chi connectivity index (χ4n) is 3.42. The van der Waals surface area contributed by atoms with Crippen LogP contribution in [0.1, 0.15) is 38.8 Å². The highest BCUT2D eigenvalue weighted by Crippen LogP contribution is 2.35. The highest BCUT2D eigenvalue weighted by molar-refractivity contribution is 5.92. The Kier molecular flexibility index (Phi) is 10.7. The molecule has 3 aromatic rings. The van der Waals surface area contributed by atoms with E-state index in [-0.39, 0.29) is 45.3 Å². The van der Waals surface area contributed by atoms with E-state index in [9.17, 15) is 19.2 Å². The summed E-state index contributed by atoms with van der Waals surface area (Å²) in [4.78, 5) is 48.5. The molecule has 0 bridgehead atoms. The fourth-order valence-corrected chi connectivity index (χ4v) is 3.42. The van der Waals surface area contributed by atoms with Gasteiger partial charge in [0.1, 0.15) is 23.0 Å². The molecule has 0 fully saturated rings. The molecule has 3 rings (SSSR count). The summed E-state index contributed by atoms with van der Waals surface area (Å²) in [5, 5.41) is 0. The molecule has 0 aromatic heterocycles. The van der Waals surface area contributed by atoms with Gasteiger partial charge in [-0.3, -0.25) is 0 Å². The van der Waals surface area contributed by atoms with Crippen LogP contribution in [0.2, 0.25) is 0 Å². The van der Waals surface area contributed by atoms with E-state index in [1.54, 1.807) is 36.4 Å². The Morgan fingerprint density at radius 3 is 1.45 bits per heavy atom. The second-order valence-electron chi connectivity index (χ2n) is 9.99. The number of rotatable bonds is 11. The van der Waals surface area contributed by atoms with Gasteiger partial charge in [0.15, 0.2) is 0 Å². The minimum Gasteiger partial charge on any atom is -0.423 e. The summed E-state index contributed by atoms with van der Waals surface area (Å²) in [6.45, 7) is 20.5. The van der Waals surface area contributed by atoms with Crippen molar-refractivity contribution in [1.82, 2.24) is 0 Å². The average Bonchev–Trinajstić information content (AvgIpc) is 2.97. The minimum atomic E-state index is -0.629. The molecular weight excluding hydrogens is 560 g/mol. The molecule has 0 radical (unpaired) electrons. The normalized spacial score (nSPS) is 10.5. The quantitative estimate of drug-likeness (QED) is 0.0979. The average molecular weight is 593 g/mol. The first-order valence-electron chi connectivity index (χ1n) is 13.3. The zero-order chi connectivity index (χ0) is 32.6. The van der Waals surface area contributed by atoms with E-state index in [0.29, 0.717) is 11.1 Å². The van der Waals surface area contributed by atoms with Crippen molar-refractivity contribution < 1.29 is 38.1 Å². The Morgan fingerprint density at radius 2 is 0.955 bits per heavy atom. The maximum Gasteiger partial charge on any atom is 0.338 e. The Hall–Kier alpha value is -5.76. The Morgan fingerprint density at radius 1 is 0.523 bits per heavy atom. The third kappa shape index (κ3) is 8.87. The number of carbonyl (C=O) groups excluding carboxylic acids is 4. The van der Waals surface area contributed by atoms with E-state index in [2.05, 4.69) is 26.3 Å². The molecule has 0 saturated heterocycles. The number of esters is 4. The van der Waals surface area contributed by atoms with Crippen LogP contribution >= 0.6 is 0 Å². The van der Waals surface area contributed by atoms with E-state index in [0.717, 1.165) is 11.1 Å². The summed E-state index contributed by atoms with van der Waals surface area (Å²) in [5.74, 6) is -1.73. The van der Waals surface area contributed by atoms with Crippen LogP contribution < -0.4 is 18.9 Å². The monoisotopic (exact) mass is 592 g/mol. The Labute approximate surface area is 256 Å². The molecule has 0 spiro atoms. The van der Waals surface area contributed by atoms with Gasteiger partial charge >= 0.3 is 23.9 Å². The Bertz CT molecular complexity index is 1720. The largest absolute Gasteiger partial charge is 0.423 e. The molecular formula is C36H32O8. The van der Waals surface area contributed by atoms with Crippen molar-refractivity contribution in [2.75, 3.05) is 0 Å². The van der Waals surface area contributed by atoms with E-state index in [4.69, 9.17) is 18.9 Å². The molecule has 0 N–H and O–H groups in total. The summed E-state index contributed by atoms with van der Waals surface area (Å²) in [5.41, 5.74) is 3.51. The highest BCUT2D eigenvalue weighted by Gasteiger charge is 2.16. The van der Waals surface area contributed by atoms with Gasteiger partial charge < -0.3 is 18.9 Å². The lowest BCUT2D eigenvalue weighted by Gasteiger charge is -2.13. The topological polar surface area (TPSA) is 105 Å². The van der Waals surface area contributed by atoms with Gasteiger partial charge in [-0.05, 0) is 63.1 Å². The second kappa shape index (κ2) is 14.4. The summed E-state index contributed by atoms with van der Waals surface area (Å²) < 4.78 is 21.6. The van der Waals surface area contributed by atoms with Gasteiger partial charge in [-0.2, -0.15) is 0 Å². The second-order valence-corrected chi connectivity index (χ2v) is 9.99. The molecule has 224 valence electrons. The Balaban J connectivity index is 1.92. The molecule has 8 heteroatoms. The van der Waals surface area contributed by atoms with E-state index in [1.165, 1.54) is 39.8 Å². The molecule has 0 aliphatic carbocycles. The lowest BCUT2D eigenvalue weighted by atomic mass is 10.0. The SMILES string of the molecule is C=C(C)C(=O)Oc1ccc(/C=C/c2ccc(-c3ccc(OC(=O)C(=C)C)cc3OC(=O)C(=C)C)cc2)c(OC(=O)C(=C)C)c1. The van der Waals surface area contributed by atoms with Crippen molar-refractivity contribution in [3.05, 3.63) is 120 Å². The number of hydrogen-bond acceptors (Lipinski definition) is 8. The lowest BCUT2D eigenvalue weighted by Crippen LogP contribution is -2.11. The molecule has 0 aliphatic heterocycles. The smallest absolute Gasteiger partial charge is 0.338 e. The van der Waals surface area contributed by atoms with E-state index in [1.807, 2.05) is 24.3 Å². The van der Waals surface area contributed by atoms with Crippen LogP contribution in [0.5, 0.6) is 23.0 Å². The van der Waals surface area contributed by atoms with E-state index >= 15 is 0 Å². The number of carbonyl (C=O) groups is 4. The third-order valence-electron chi connectivity index (χ3n) is 5.84. The van der Waals surface area contributed by atoms with Crippen molar-refractivity contribution in [2.24, 2.45) is 0 Å². The lowest BCUT2D eigenvalue weighted by molar-refractivity contribution is -0.131. The molecule has 0 atom stereocenters. The van der Waals surface area contributed by atoms with Crippen LogP contribution in [0.15, 0.2) is 109 Å². The van der Waals surface area contributed by atoms with Crippen LogP contribution in [0, 0.1) is 0 Å². The predicted octanol–water partition coefficient (Wildman–Crippen LogP) is 7.45. The molecule has 0 aliphatic rings. The molecule has 44 heavy (non-hydrogen) atoms. The van der Waals surface area contributed by atoms with Crippen LogP contribution in [-0.2, 0) is 19.2 Å². The highest BCUT2D eigenvalue weighted by atomic mass is 16.6. The van der Waals surface area contributed by atoms with Crippen molar-refractivity contribution in [2.45, 2.75) is 27.7 Å². The number of benzene rings is 3. The molecule has 0 unspecified atom stereocenters. The zero-order valence-electron chi connectivity index (χ0n) is 25.0.